The predicted molar refractivity (Wildman–Crippen MR) is 95.4 cm³/mol. The average Bonchev–Trinajstić information content (AvgIpc) is 2.92. The molecule has 1 atom stereocenters. The van der Waals surface area contributed by atoms with Gasteiger partial charge in [0.25, 0.3) is 0 Å². The van der Waals surface area contributed by atoms with Gasteiger partial charge in [-0.1, -0.05) is 41.4 Å². The van der Waals surface area contributed by atoms with Crippen molar-refractivity contribution in [1.29, 1.82) is 0 Å². The Balaban J connectivity index is 1.89. The first kappa shape index (κ1) is 16.1. The Hall–Kier alpha value is -2.44. The van der Waals surface area contributed by atoms with E-state index in [0.717, 1.165) is 16.8 Å². The second-order valence-electron chi connectivity index (χ2n) is 5.80. The van der Waals surface area contributed by atoms with Crippen molar-refractivity contribution in [1.82, 2.24) is 20.0 Å². The lowest BCUT2D eigenvalue weighted by atomic mass is 9.86. The van der Waals surface area contributed by atoms with Crippen LogP contribution in [0.2, 0.25) is 10.2 Å². The van der Waals surface area contributed by atoms with Gasteiger partial charge < -0.3 is 5.32 Å². The summed E-state index contributed by atoms with van der Waals surface area (Å²) in [5.74, 6) is 0.816. The minimum Gasteiger partial charge on any atom is -0.310 e. The Morgan fingerprint density at radius 3 is 2.68 bits per heavy atom. The molecule has 8 heteroatoms. The molecule has 1 N–H and O–H groups in total. The first-order valence-corrected chi connectivity index (χ1v) is 8.43. The van der Waals surface area contributed by atoms with Gasteiger partial charge in [0, 0.05) is 22.9 Å². The van der Waals surface area contributed by atoms with Crippen molar-refractivity contribution >= 4 is 34.9 Å². The molecular formula is C17H13Cl2N5O. The van der Waals surface area contributed by atoms with Gasteiger partial charge in [-0.05, 0) is 30.7 Å². The van der Waals surface area contributed by atoms with Crippen LogP contribution < -0.4 is 5.32 Å². The number of benzene rings is 1. The summed E-state index contributed by atoms with van der Waals surface area (Å²) in [6.45, 7) is 1.90. The number of halogens is 2. The molecule has 0 fully saturated rings. The number of aromatic nitrogens is 4. The number of amides is 1. The first-order chi connectivity index (χ1) is 12.0. The van der Waals surface area contributed by atoms with E-state index >= 15 is 0 Å². The lowest BCUT2D eigenvalue weighted by Crippen LogP contribution is -2.25. The van der Waals surface area contributed by atoms with Gasteiger partial charge in [-0.25, -0.2) is 0 Å². The smallest absolute Gasteiger partial charge is 0.226 e. The van der Waals surface area contributed by atoms with Gasteiger partial charge in [0.05, 0.1) is 5.69 Å². The summed E-state index contributed by atoms with van der Waals surface area (Å²) in [5.41, 5.74) is 2.64. The average molecular weight is 374 g/mol. The second kappa shape index (κ2) is 6.13. The van der Waals surface area contributed by atoms with Crippen LogP contribution in [0.5, 0.6) is 0 Å². The Morgan fingerprint density at radius 1 is 1.16 bits per heavy atom. The molecule has 6 nitrogen and oxygen atoms in total. The second-order valence-corrected chi connectivity index (χ2v) is 6.59. The number of aryl methyl sites for hydroxylation is 1. The summed E-state index contributed by atoms with van der Waals surface area (Å²) in [7, 11) is 0. The molecule has 1 aromatic carbocycles. The molecule has 0 radical (unpaired) electrons. The maximum absolute atomic E-state index is 12.3. The summed E-state index contributed by atoms with van der Waals surface area (Å²) in [6.07, 6.45) is 0.315. The van der Waals surface area contributed by atoms with E-state index in [4.69, 9.17) is 23.2 Å². The van der Waals surface area contributed by atoms with Crippen LogP contribution in [0.1, 0.15) is 29.2 Å². The molecule has 1 aliphatic rings. The number of hydrogen-bond donors (Lipinski definition) is 1. The number of nitrogens with one attached hydrogen (secondary N) is 1. The number of fused-ring (bicyclic) bond motifs is 1. The van der Waals surface area contributed by atoms with Crippen molar-refractivity contribution in [3.8, 4) is 5.82 Å². The zero-order valence-electron chi connectivity index (χ0n) is 13.2. The van der Waals surface area contributed by atoms with Crippen LogP contribution in [0.25, 0.3) is 5.82 Å². The summed E-state index contributed by atoms with van der Waals surface area (Å²) < 4.78 is 1.58. The van der Waals surface area contributed by atoms with E-state index in [1.54, 1.807) is 16.8 Å². The van der Waals surface area contributed by atoms with Crippen molar-refractivity contribution in [2.45, 2.75) is 19.3 Å². The lowest BCUT2D eigenvalue weighted by molar-refractivity contribution is -0.116. The topological polar surface area (TPSA) is 72.7 Å². The summed E-state index contributed by atoms with van der Waals surface area (Å²) in [5, 5.41) is 16.3. The Kier molecular flexibility index (Phi) is 3.94. The number of carbonyl (C=O) groups is 1. The van der Waals surface area contributed by atoms with Crippen LogP contribution in [-0.4, -0.2) is 25.9 Å². The molecule has 1 aliphatic heterocycles. The van der Waals surface area contributed by atoms with Gasteiger partial charge in [-0.15, -0.1) is 10.2 Å². The highest BCUT2D eigenvalue weighted by molar-refractivity contribution is 6.31. The zero-order chi connectivity index (χ0) is 17.6. The zero-order valence-corrected chi connectivity index (χ0v) is 14.7. The third kappa shape index (κ3) is 2.77. The largest absolute Gasteiger partial charge is 0.310 e. The van der Waals surface area contributed by atoms with Gasteiger partial charge in [-0.3, -0.25) is 4.79 Å². The Morgan fingerprint density at radius 2 is 1.96 bits per heavy atom. The number of rotatable bonds is 2. The van der Waals surface area contributed by atoms with Crippen LogP contribution in [0.15, 0.2) is 36.4 Å². The number of carbonyl (C=O) groups excluding carboxylic acids is 1. The lowest BCUT2D eigenvalue weighted by Gasteiger charge is -2.24. The van der Waals surface area contributed by atoms with Crippen LogP contribution in [0.3, 0.4) is 0 Å². The molecule has 0 saturated heterocycles. The molecule has 0 spiro atoms. The van der Waals surface area contributed by atoms with E-state index in [2.05, 4.69) is 20.6 Å². The highest BCUT2D eigenvalue weighted by atomic mass is 35.5. The SMILES string of the molecule is Cc1nn(-c2ccc(Cl)nn2)c2c1[C@@H](c1ccccc1Cl)CC(=O)N2. The third-order valence-corrected chi connectivity index (χ3v) is 4.76. The summed E-state index contributed by atoms with van der Waals surface area (Å²) in [6, 6.07) is 10.9. The maximum Gasteiger partial charge on any atom is 0.226 e. The predicted octanol–water partition coefficient (Wildman–Crippen LogP) is 3.75. The van der Waals surface area contributed by atoms with Crippen LogP contribution in [-0.2, 0) is 4.79 Å². The quantitative estimate of drug-likeness (QED) is 0.742. The van der Waals surface area contributed by atoms with Gasteiger partial charge in [0.2, 0.25) is 5.91 Å². The fraction of sp³-hybridized carbons (Fsp3) is 0.176. The Labute approximate surface area is 153 Å². The third-order valence-electron chi connectivity index (χ3n) is 4.22. The minimum atomic E-state index is -0.161. The number of anilines is 1. The summed E-state index contributed by atoms with van der Waals surface area (Å²) >= 11 is 12.2. The number of hydrogen-bond acceptors (Lipinski definition) is 4. The molecule has 25 heavy (non-hydrogen) atoms. The molecule has 126 valence electrons. The highest BCUT2D eigenvalue weighted by Gasteiger charge is 2.33. The van der Waals surface area contributed by atoms with Crippen LogP contribution in [0, 0.1) is 6.92 Å². The van der Waals surface area contributed by atoms with Crippen molar-refractivity contribution in [3.05, 3.63) is 63.4 Å². The van der Waals surface area contributed by atoms with Crippen molar-refractivity contribution in [2.75, 3.05) is 5.32 Å². The monoisotopic (exact) mass is 373 g/mol. The minimum absolute atomic E-state index is 0.0968. The van der Waals surface area contributed by atoms with Gasteiger partial charge in [0.15, 0.2) is 11.0 Å². The van der Waals surface area contributed by atoms with E-state index < -0.39 is 0 Å². The standard InChI is InChI=1S/C17H13Cl2N5O/c1-9-16-11(10-4-2-3-5-12(10)18)8-15(25)20-17(16)24(23-9)14-7-6-13(19)21-22-14/h2-7,11H,8H2,1H3,(H,20,25)/t11-/m1/s1. The number of nitrogens with zero attached hydrogens (tertiary/aromatic N) is 4. The molecule has 0 bridgehead atoms. The van der Waals surface area contributed by atoms with Crippen LogP contribution >= 0.6 is 23.2 Å². The molecule has 1 amide bonds. The van der Waals surface area contributed by atoms with Crippen molar-refractivity contribution in [3.63, 3.8) is 0 Å². The van der Waals surface area contributed by atoms with E-state index in [9.17, 15) is 4.79 Å². The molecule has 0 unspecified atom stereocenters. The van der Waals surface area contributed by atoms with E-state index in [1.165, 1.54) is 0 Å². The fourth-order valence-electron chi connectivity index (χ4n) is 3.16. The fourth-order valence-corrected chi connectivity index (χ4v) is 3.53. The maximum atomic E-state index is 12.3. The molecule has 0 saturated carbocycles. The van der Waals surface area contributed by atoms with Crippen molar-refractivity contribution < 1.29 is 4.79 Å². The normalized spacial score (nSPS) is 16.4. The molecule has 0 aliphatic carbocycles. The van der Waals surface area contributed by atoms with Crippen LogP contribution in [0.4, 0.5) is 5.82 Å². The molecule has 4 rings (SSSR count). The van der Waals surface area contributed by atoms with E-state index in [1.807, 2.05) is 31.2 Å². The highest BCUT2D eigenvalue weighted by Crippen LogP contribution is 2.42. The van der Waals surface area contributed by atoms with Gasteiger partial charge in [0.1, 0.15) is 5.82 Å². The molecule has 2 aromatic heterocycles. The van der Waals surface area contributed by atoms with E-state index in [-0.39, 0.29) is 11.8 Å². The molecular weight excluding hydrogens is 361 g/mol. The Bertz CT molecular complexity index is 968. The van der Waals surface area contributed by atoms with E-state index in [0.29, 0.717) is 28.2 Å². The first-order valence-electron chi connectivity index (χ1n) is 7.68. The summed E-state index contributed by atoms with van der Waals surface area (Å²) in [4.78, 5) is 12.3. The van der Waals surface area contributed by atoms with Gasteiger partial charge in [-0.2, -0.15) is 9.78 Å². The van der Waals surface area contributed by atoms with Gasteiger partial charge >= 0.3 is 0 Å². The molecule has 3 aromatic rings. The molecule has 3 heterocycles. The van der Waals surface area contributed by atoms with Crippen molar-refractivity contribution in [2.24, 2.45) is 0 Å².